The summed E-state index contributed by atoms with van der Waals surface area (Å²) in [6.07, 6.45) is 0.511. The molecule has 0 aliphatic rings. The molecule has 1 heterocycles. The van der Waals surface area contributed by atoms with E-state index >= 15 is 0 Å². The summed E-state index contributed by atoms with van der Waals surface area (Å²) in [5.41, 5.74) is 7.22. The van der Waals surface area contributed by atoms with E-state index in [4.69, 9.17) is 10.5 Å². The van der Waals surface area contributed by atoms with E-state index in [-0.39, 0.29) is 21.4 Å². The zero-order chi connectivity index (χ0) is 17.7. The molecule has 0 fully saturated rings. The van der Waals surface area contributed by atoms with Crippen molar-refractivity contribution in [3.8, 4) is 5.75 Å². The number of anilines is 1. The van der Waals surface area contributed by atoms with E-state index in [1.807, 2.05) is 12.1 Å². The highest BCUT2D eigenvalue weighted by atomic mass is 32.2. The predicted molar refractivity (Wildman–Crippen MR) is 92.0 cm³/mol. The van der Waals surface area contributed by atoms with Gasteiger partial charge in [0.05, 0.1) is 14.2 Å². The summed E-state index contributed by atoms with van der Waals surface area (Å²) in [5.74, 6) is -0.498. The van der Waals surface area contributed by atoms with Crippen LogP contribution in [0.2, 0.25) is 0 Å². The summed E-state index contributed by atoms with van der Waals surface area (Å²) in [7, 11) is -1.22. The van der Waals surface area contributed by atoms with Crippen molar-refractivity contribution in [1.82, 2.24) is 4.72 Å². The first-order chi connectivity index (χ1) is 11.4. The van der Waals surface area contributed by atoms with Crippen LogP contribution in [0.25, 0.3) is 0 Å². The zero-order valence-electron chi connectivity index (χ0n) is 13.2. The fourth-order valence-corrected chi connectivity index (χ4v) is 4.54. The molecule has 0 amide bonds. The van der Waals surface area contributed by atoms with Crippen molar-refractivity contribution in [2.75, 3.05) is 26.5 Å². The molecular formula is C15H18N2O5S2. The molecule has 1 aromatic heterocycles. The van der Waals surface area contributed by atoms with Crippen molar-refractivity contribution in [2.24, 2.45) is 0 Å². The maximum Gasteiger partial charge on any atom is 0.348 e. The molecule has 0 aliphatic heterocycles. The van der Waals surface area contributed by atoms with Gasteiger partial charge in [0.1, 0.15) is 4.88 Å². The van der Waals surface area contributed by atoms with Crippen LogP contribution in [0.3, 0.4) is 0 Å². The number of thiophene rings is 1. The lowest BCUT2D eigenvalue weighted by Gasteiger charge is -2.07. The standard InChI is InChI=1S/C15H18N2O5S2/c1-21-12-9-13(14(18)22-2)23-15(12)24(19,20)17-8-7-10-3-5-11(16)6-4-10/h3-6,9,17H,7-8,16H2,1-2H3. The van der Waals surface area contributed by atoms with Crippen molar-refractivity contribution in [1.29, 1.82) is 0 Å². The summed E-state index contributed by atoms with van der Waals surface area (Å²) < 4.78 is 37.0. The van der Waals surface area contributed by atoms with Crippen LogP contribution in [0.4, 0.5) is 5.69 Å². The average molecular weight is 370 g/mol. The number of nitrogens with one attached hydrogen (secondary N) is 1. The predicted octanol–water partition coefficient (Wildman–Crippen LogP) is 1.65. The van der Waals surface area contributed by atoms with Crippen LogP contribution in [-0.2, 0) is 21.2 Å². The number of carbonyl (C=O) groups excluding carboxylic acids is 1. The number of carbonyl (C=O) groups is 1. The Labute approximate surface area is 144 Å². The Morgan fingerprint density at radius 2 is 1.92 bits per heavy atom. The number of ether oxygens (including phenoxy) is 2. The van der Waals surface area contributed by atoms with Crippen molar-refractivity contribution in [3.05, 3.63) is 40.8 Å². The molecular weight excluding hydrogens is 352 g/mol. The lowest BCUT2D eigenvalue weighted by Crippen LogP contribution is -2.25. The molecule has 2 rings (SSSR count). The van der Waals surface area contributed by atoms with Gasteiger partial charge in [0.25, 0.3) is 10.0 Å². The Bertz CT molecular complexity index is 813. The number of hydrogen-bond acceptors (Lipinski definition) is 7. The van der Waals surface area contributed by atoms with Gasteiger partial charge in [-0.2, -0.15) is 0 Å². The SMILES string of the molecule is COC(=O)c1cc(OC)c(S(=O)(=O)NCCc2ccc(N)cc2)s1. The Kier molecular flexibility index (Phi) is 5.81. The van der Waals surface area contributed by atoms with E-state index in [9.17, 15) is 13.2 Å². The molecule has 130 valence electrons. The van der Waals surface area contributed by atoms with Gasteiger partial charge in [-0.25, -0.2) is 17.9 Å². The number of nitrogens with two attached hydrogens (primary N) is 1. The third-order valence-corrected chi connectivity index (χ3v) is 6.27. The second-order valence-electron chi connectivity index (χ2n) is 4.85. The fourth-order valence-electron chi connectivity index (χ4n) is 1.97. The van der Waals surface area contributed by atoms with E-state index in [1.54, 1.807) is 12.1 Å². The maximum absolute atomic E-state index is 12.4. The van der Waals surface area contributed by atoms with Gasteiger partial charge < -0.3 is 15.2 Å². The lowest BCUT2D eigenvalue weighted by molar-refractivity contribution is 0.0606. The third kappa shape index (κ3) is 4.25. The van der Waals surface area contributed by atoms with Crippen molar-refractivity contribution < 1.29 is 22.7 Å². The van der Waals surface area contributed by atoms with E-state index in [0.717, 1.165) is 16.9 Å². The van der Waals surface area contributed by atoms with Crippen molar-refractivity contribution in [2.45, 2.75) is 10.6 Å². The highest BCUT2D eigenvalue weighted by molar-refractivity contribution is 7.91. The van der Waals surface area contributed by atoms with Crippen molar-refractivity contribution in [3.63, 3.8) is 0 Å². The molecule has 0 radical (unpaired) electrons. The number of sulfonamides is 1. The molecule has 24 heavy (non-hydrogen) atoms. The number of rotatable bonds is 7. The minimum atomic E-state index is -3.79. The second-order valence-corrected chi connectivity index (χ2v) is 7.86. The monoisotopic (exact) mass is 370 g/mol. The number of methoxy groups -OCH3 is 2. The topological polar surface area (TPSA) is 108 Å². The van der Waals surface area contributed by atoms with Crippen LogP contribution in [0.5, 0.6) is 5.75 Å². The van der Waals surface area contributed by atoms with Crippen molar-refractivity contribution >= 4 is 33.0 Å². The van der Waals surface area contributed by atoms with E-state index < -0.39 is 16.0 Å². The summed E-state index contributed by atoms with van der Waals surface area (Å²) in [4.78, 5) is 11.7. The number of benzene rings is 1. The van der Waals surface area contributed by atoms with Crippen LogP contribution in [-0.4, -0.2) is 35.2 Å². The van der Waals surface area contributed by atoms with Gasteiger partial charge in [0, 0.05) is 18.3 Å². The van der Waals surface area contributed by atoms with Crippen LogP contribution in [0, 0.1) is 0 Å². The minimum Gasteiger partial charge on any atom is -0.494 e. The Morgan fingerprint density at radius 1 is 1.25 bits per heavy atom. The van der Waals surface area contributed by atoms with E-state index in [0.29, 0.717) is 12.1 Å². The van der Waals surface area contributed by atoms with Gasteiger partial charge in [-0.05, 0) is 24.1 Å². The first-order valence-corrected chi connectivity index (χ1v) is 9.27. The average Bonchev–Trinajstić information content (AvgIpc) is 3.01. The summed E-state index contributed by atoms with van der Waals surface area (Å²) in [6.45, 7) is 0.209. The quantitative estimate of drug-likeness (QED) is 0.567. The fraction of sp³-hybridized carbons (Fsp3) is 0.267. The minimum absolute atomic E-state index is 0.0530. The first kappa shape index (κ1) is 18.2. The van der Waals surface area contributed by atoms with E-state index in [2.05, 4.69) is 9.46 Å². The number of esters is 1. The van der Waals surface area contributed by atoms with Crippen LogP contribution in [0.15, 0.2) is 34.5 Å². The highest BCUT2D eigenvalue weighted by Crippen LogP contribution is 2.33. The van der Waals surface area contributed by atoms with Gasteiger partial charge in [-0.15, -0.1) is 11.3 Å². The summed E-state index contributed by atoms with van der Waals surface area (Å²) in [6, 6.07) is 8.55. The Balaban J connectivity index is 2.10. The zero-order valence-corrected chi connectivity index (χ0v) is 14.9. The number of hydrogen-bond donors (Lipinski definition) is 2. The summed E-state index contributed by atoms with van der Waals surface area (Å²) >= 11 is 0.805. The number of nitrogen functional groups attached to an aromatic ring is 1. The third-order valence-electron chi connectivity index (χ3n) is 3.20. The molecule has 0 atom stereocenters. The van der Waals surface area contributed by atoms with Gasteiger partial charge >= 0.3 is 5.97 Å². The highest BCUT2D eigenvalue weighted by Gasteiger charge is 2.25. The van der Waals surface area contributed by atoms with Crippen LogP contribution >= 0.6 is 11.3 Å². The van der Waals surface area contributed by atoms with Gasteiger partial charge in [0.2, 0.25) is 0 Å². The molecule has 0 bridgehead atoms. The molecule has 7 nitrogen and oxygen atoms in total. The maximum atomic E-state index is 12.4. The molecule has 0 aliphatic carbocycles. The Morgan fingerprint density at radius 3 is 2.50 bits per heavy atom. The van der Waals surface area contributed by atoms with Gasteiger partial charge in [0.15, 0.2) is 9.96 Å². The largest absolute Gasteiger partial charge is 0.494 e. The molecule has 0 saturated heterocycles. The molecule has 0 unspecified atom stereocenters. The van der Waals surface area contributed by atoms with Crippen LogP contribution in [0.1, 0.15) is 15.2 Å². The molecule has 0 spiro atoms. The Hall–Kier alpha value is -2.10. The molecule has 1 aromatic carbocycles. The van der Waals surface area contributed by atoms with E-state index in [1.165, 1.54) is 20.3 Å². The first-order valence-electron chi connectivity index (χ1n) is 6.97. The molecule has 0 saturated carbocycles. The lowest BCUT2D eigenvalue weighted by atomic mass is 10.1. The molecule has 2 aromatic rings. The van der Waals surface area contributed by atoms with Gasteiger partial charge in [-0.3, -0.25) is 0 Å². The van der Waals surface area contributed by atoms with Crippen LogP contribution < -0.4 is 15.2 Å². The normalized spacial score (nSPS) is 11.2. The second kappa shape index (κ2) is 7.65. The van der Waals surface area contributed by atoms with Gasteiger partial charge in [-0.1, -0.05) is 12.1 Å². The molecule has 3 N–H and O–H groups in total. The summed E-state index contributed by atoms with van der Waals surface area (Å²) in [5, 5.41) is 0. The smallest absolute Gasteiger partial charge is 0.348 e. The molecule has 9 heteroatoms.